The number of amides is 2. The Kier molecular flexibility index (Phi) is 7.96. The van der Waals surface area contributed by atoms with Gasteiger partial charge in [0, 0.05) is 31.2 Å². The van der Waals surface area contributed by atoms with E-state index < -0.39 is 5.97 Å². The van der Waals surface area contributed by atoms with Gasteiger partial charge in [-0.2, -0.15) is 0 Å². The maximum Gasteiger partial charge on any atom is 0.317 e. The SMILES string of the molecule is CCC1CCCCN1CCNC(=O)NC1CC(N(CC)CC(=O)O)C1. The number of nitrogens with one attached hydrogen (secondary N) is 2. The molecule has 7 heteroatoms. The minimum absolute atomic E-state index is 0.0779. The summed E-state index contributed by atoms with van der Waals surface area (Å²) in [6, 6.07) is 0.992. The van der Waals surface area contributed by atoms with Crippen molar-refractivity contribution in [1.82, 2.24) is 20.4 Å². The van der Waals surface area contributed by atoms with Crippen molar-refractivity contribution in [3.63, 3.8) is 0 Å². The van der Waals surface area contributed by atoms with Crippen molar-refractivity contribution in [3.05, 3.63) is 0 Å². The van der Waals surface area contributed by atoms with Crippen LogP contribution in [0.2, 0.25) is 0 Å². The fourth-order valence-corrected chi connectivity index (χ4v) is 4.04. The number of aliphatic carboxylic acids is 1. The number of carboxylic acids is 1. The summed E-state index contributed by atoms with van der Waals surface area (Å²) >= 11 is 0. The maximum absolute atomic E-state index is 12.0. The van der Waals surface area contributed by atoms with E-state index in [0.29, 0.717) is 12.6 Å². The highest BCUT2D eigenvalue weighted by molar-refractivity contribution is 5.74. The summed E-state index contributed by atoms with van der Waals surface area (Å²) in [6.45, 7) is 7.75. The van der Waals surface area contributed by atoms with E-state index in [1.165, 1.54) is 25.7 Å². The van der Waals surface area contributed by atoms with E-state index in [1.807, 2.05) is 11.8 Å². The molecule has 0 aromatic heterocycles. The Morgan fingerprint density at radius 2 is 2.00 bits per heavy atom. The Hall–Kier alpha value is -1.34. The van der Waals surface area contributed by atoms with Crippen LogP contribution in [-0.4, -0.2) is 77.8 Å². The van der Waals surface area contributed by atoms with Crippen molar-refractivity contribution >= 4 is 12.0 Å². The summed E-state index contributed by atoms with van der Waals surface area (Å²) < 4.78 is 0. The first-order valence-corrected chi connectivity index (χ1v) is 9.77. The molecule has 0 aromatic rings. The number of likely N-dealkylation sites (N-methyl/N-ethyl adjacent to an activating group) is 1. The van der Waals surface area contributed by atoms with Gasteiger partial charge in [-0.15, -0.1) is 0 Å². The van der Waals surface area contributed by atoms with Gasteiger partial charge in [-0.25, -0.2) is 4.79 Å². The largest absolute Gasteiger partial charge is 0.480 e. The van der Waals surface area contributed by atoms with Crippen LogP contribution in [0.5, 0.6) is 0 Å². The van der Waals surface area contributed by atoms with Crippen LogP contribution in [0.4, 0.5) is 4.79 Å². The topological polar surface area (TPSA) is 84.9 Å². The van der Waals surface area contributed by atoms with E-state index in [-0.39, 0.29) is 24.7 Å². The van der Waals surface area contributed by atoms with Crippen molar-refractivity contribution in [2.75, 3.05) is 32.7 Å². The zero-order chi connectivity index (χ0) is 18.2. The minimum atomic E-state index is -0.793. The third kappa shape index (κ3) is 6.15. The van der Waals surface area contributed by atoms with E-state index in [9.17, 15) is 9.59 Å². The van der Waals surface area contributed by atoms with Crippen molar-refractivity contribution in [2.24, 2.45) is 0 Å². The van der Waals surface area contributed by atoms with E-state index in [2.05, 4.69) is 22.5 Å². The second kappa shape index (κ2) is 9.97. The van der Waals surface area contributed by atoms with E-state index in [0.717, 1.165) is 32.5 Å². The summed E-state index contributed by atoms with van der Waals surface area (Å²) in [7, 11) is 0. The normalized spacial score (nSPS) is 26.9. The molecule has 1 atom stereocenters. The molecule has 7 nitrogen and oxygen atoms in total. The van der Waals surface area contributed by atoms with Gasteiger partial charge in [0.15, 0.2) is 0 Å². The molecule has 1 unspecified atom stereocenters. The highest BCUT2D eigenvalue weighted by atomic mass is 16.4. The molecule has 2 fully saturated rings. The lowest BCUT2D eigenvalue weighted by Crippen LogP contribution is -2.56. The molecule has 3 N–H and O–H groups in total. The smallest absolute Gasteiger partial charge is 0.317 e. The van der Waals surface area contributed by atoms with Crippen LogP contribution in [0.1, 0.15) is 52.4 Å². The second-order valence-corrected chi connectivity index (χ2v) is 7.27. The van der Waals surface area contributed by atoms with Crippen molar-refractivity contribution in [2.45, 2.75) is 70.5 Å². The fraction of sp³-hybridized carbons (Fsp3) is 0.889. The first-order valence-electron chi connectivity index (χ1n) is 9.77. The standard InChI is InChI=1S/C18H34N4O3/c1-3-15-7-5-6-9-22(15)10-8-19-18(25)20-14-11-16(12-14)21(4-2)13-17(23)24/h14-16H,3-13H2,1-2H3,(H,23,24)(H2,19,20,25). The van der Waals surface area contributed by atoms with Gasteiger partial charge < -0.3 is 15.7 Å². The van der Waals surface area contributed by atoms with Crippen LogP contribution in [-0.2, 0) is 4.79 Å². The van der Waals surface area contributed by atoms with Crippen molar-refractivity contribution in [1.29, 1.82) is 0 Å². The molecule has 0 aromatic carbocycles. The van der Waals surface area contributed by atoms with Gasteiger partial charge in [0.2, 0.25) is 0 Å². The summed E-state index contributed by atoms with van der Waals surface area (Å²) in [6.07, 6.45) is 6.70. The van der Waals surface area contributed by atoms with Gasteiger partial charge in [-0.3, -0.25) is 14.6 Å². The number of likely N-dealkylation sites (tertiary alicyclic amines) is 1. The number of piperidine rings is 1. The molecule has 2 rings (SSSR count). The molecule has 1 aliphatic carbocycles. The predicted octanol–water partition coefficient (Wildman–Crippen LogP) is 1.49. The summed E-state index contributed by atoms with van der Waals surface area (Å²) in [5.74, 6) is -0.793. The molecule has 144 valence electrons. The average Bonchev–Trinajstić information content (AvgIpc) is 2.56. The molecule has 0 radical (unpaired) electrons. The zero-order valence-electron chi connectivity index (χ0n) is 15.7. The highest BCUT2D eigenvalue weighted by Crippen LogP contribution is 2.25. The van der Waals surface area contributed by atoms with Gasteiger partial charge in [0.1, 0.15) is 0 Å². The highest BCUT2D eigenvalue weighted by Gasteiger charge is 2.34. The fourth-order valence-electron chi connectivity index (χ4n) is 4.04. The summed E-state index contributed by atoms with van der Waals surface area (Å²) in [5, 5.41) is 14.9. The molecule has 1 saturated heterocycles. The van der Waals surface area contributed by atoms with Crippen LogP contribution in [0.3, 0.4) is 0 Å². The van der Waals surface area contributed by atoms with Crippen molar-refractivity contribution in [3.8, 4) is 0 Å². The third-order valence-electron chi connectivity index (χ3n) is 5.61. The molecular weight excluding hydrogens is 320 g/mol. The number of carbonyl (C=O) groups is 2. The number of carboxylic acid groups (broad SMARTS) is 1. The van der Waals surface area contributed by atoms with Crippen LogP contribution in [0.15, 0.2) is 0 Å². The molecule has 1 heterocycles. The molecule has 2 amide bonds. The molecular formula is C18H34N4O3. The lowest BCUT2D eigenvalue weighted by atomic mass is 9.85. The van der Waals surface area contributed by atoms with Gasteiger partial charge in [0.25, 0.3) is 0 Å². The number of urea groups is 1. The quantitative estimate of drug-likeness (QED) is 0.584. The van der Waals surface area contributed by atoms with Gasteiger partial charge in [0.05, 0.1) is 6.54 Å². The molecule has 25 heavy (non-hydrogen) atoms. The molecule has 1 aliphatic heterocycles. The predicted molar refractivity (Wildman–Crippen MR) is 97.7 cm³/mol. The Bertz CT molecular complexity index is 440. The van der Waals surface area contributed by atoms with Crippen LogP contribution in [0, 0.1) is 0 Å². The Morgan fingerprint density at radius 1 is 1.24 bits per heavy atom. The lowest BCUT2D eigenvalue weighted by molar-refractivity contribution is -0.139. The number of rotatable bonds is 9. The number of carbonyl (C=O) groups excluding carboxylic acids is 1. The number of nitrogens with zero attached hydrogens (tertiary/aromatic N) is 2. The van der Waals surface area contributed by atoms with E-state index in [4.69, 9.17) is 5.11 Å². The maximum atomic E-state index is 12.0. The van der Waals surface area contributed by atoms with E-state index >= 15 is 0 Å². The monoisotopic (exact) mass is 354 g/mol. The first-order chi connectivity index (χ1) is 12.0. The second-order valence-electron chi connectivity index (χ2n) is 7.27. The Morgan fingerprint density at radius 3 is 2.64 bits per heavy atom. The molecule has 2 aliphatic rings. The van der Waals surface area contributed by atoms with Gasteiger partial charge in [-0.1, -0.05) is 20.3 Å². The number of hydrogen-bond acceptors (Lipinski definition) is 4. The summed E-state index contributed by atoms with van der Waals surface area (Å²) in [4.78, 5) is 27.3. The van der Waals surface area contributed by atoms with Gasteiger partial charge in [-0.05, 0) is 45.2 Å². The zero-order valence-corrected chi connectivity index (χ0v) is 15.7. The first kappa shape index (κ1) is 20.0. The van der Waals surface area contributed by atoms with Crippen molar-refractivity contribution < 1.29 is 14.7 Å². The van der Waals surface area contributed by atoms with Crippen LogP contribution >= 0.6 is 0 Å². The number of hydrogen-bond donors (Lipinski definition) is 3. The minimum Gasteiger partial charge on any atom is -0.480 e. The molecule has 1 saturated carbocycles. The molecule has 0 bridgehead atoms. The Labute approximate surface area is 151 Å². The van der Waals surface area contributed by atoms with Crippen LogP contribution < -0.4 is 10.6 Å². The lowest BCUT2D eigenvalue weighted by Gasteiger charge is -2.42. The Balaban J connectivity index is 1.59. The van der Waals surface area contributed by atoms with E-state index in [1.54, 1.807) is 0 Å². The van der Waals surface area contributed by atoms with Gasteiger partial charge >= 0.3 is 12.0 Å². The van der Waals surface area contributed by atoms with Crippen LogP contribution in [0.25, 0.3) is 0 Å². The average molecular weight is 354 g/mol. The third-order valence-corrected chi connectivity index (χ3v) is 5.61. The summed E-state index contributed by atoms with van der Waals surface area (Å²) in [5.41, 5.74) is 0. The molecule has 0 spiro atoms.